The number of para-hydroxylation sites is 2. The van der Waals surface area contributed by atoms with Crippen molar-refractivity contribution in [3.8, 4) is 62.1 Å². The Hall–Kier alpha value is -6.65. The van der Waals surface area contributed by atoms with E-state index in [1.165, 1.54) is 4.57 Å². The van der Waals surface area contributed by atoms with Crippen molar-refractivity contribution < 1.29 is 11.0 Å². The normalized spacial score (nSPS) is 13.6. The van der Waals surface area contributed by atoms with Gasteiger partial charge in [0.2, 0.25) is 0 Å². The molecule has 0 unspecified atom stereocenters. The zero-order valence-corrected chi connectivity index (χ0v) is 26.0. The van der Waals surface area contributed by atoms with Crippen molar-refractivity contribution in [3.63, 3.8) is 0 Å². The van der Waals surface area contributed by atoms with E-state index in [4.69, 9.17) is 23.2 Å². The predicted molar refractivity (Wildman–Crippen MR) is 201 cm³/mol. The zero-order valence-electron chi connectivity index (χ0n) is 34.0. The molecule has 0 aliphatic carbocycles. The first-order valence-corrected chi connectivity index (χ1v) is 15.8. The molecule has 0 spiro atoms. The van der Waals surface area contributed by atoms with Gasteiger partial charge in [-0.25, -0.2) is 15.0 Å². The molecule has 0 saturated carbocycles. The molecule has 0 N–H and O–H groups in total. The van der Waals surface area contributed by atoms with E-state index in [2.05, 4.69) is 0 Å². The van der Waals surface area contributed by atoms with Gasteiger partial charge in [-0.1, -0.05) is 158 Å². The maximum absolute atomic E-state index is 9.22. The summed E-state index contributed by atoms with van der Waals surface area (Å²) >= 11 is 0. The Labute approximate surface area is 295 Å². The fourth-order valence-corrected chi connectivity index (χ4v) is 6.16. The monoisotopic (exact) mass is 634 g/mol. The Morgan fingerprint density at radius 1 is 0.388 bits per heavy atom. The van der Waals surface area contributed by atoms with Crippen molar-refractivity contribution in [2.45, 2.75) is 0 Å². The summed E-state index contributed by atoms with van der Waals surface area (Å²) in [7, 11) is 0. The number of nitrogens with zero attached hydrogens (tertiary/aromatic N) is 4. The molecule has 2 aromatic heterocycles. The summed E-state index contributed by atoms with van der Waals surface area (Å²) in [5.41, 5.74) is 5.95. The number of benzene rings is 7. The summed E-state index contributed by atoms with van der Waals surface area (Å²) in [6.45, 7) is 0. The van der Waals surface area contributed by atoms with E-state index in [-0.39, 0.29) is 27.6 Å². The van der Waals surface area contributed by atoms with E-state index in [1.807, 2.05) is 133 Å². The second-order valence-corrected chi connectivity index (χ2v) is 11.5. The van der Waals surface area contributed by atoms with Crippen LogP contribution in [-0.2, 0) is 0 Å². The predicted octanol–water partition coefficient (Wildman–Crippen LogP) is 11.3. The summed E-state index contributed by atoms with van der Waals surface area (Å²) in [6, 6.07) is 39.0. The third-order valence-electron chi connectivity index (χ3n) is 8.54. The molecule has 2 heterocycles. The van der Waals surface area contributed by atoms with E-state index in [1.54, 1.807) is 0 Å². The van der Waals surface area contributed by atoms with Gasteiger partial charge in [-0.2, -0.15) is 0 Å². The summed E-state index contributed by atoms with van der Waals surface area (Å²) < 4.78 is 72.6. The van der Waals surface area contributed by atoms with Gasteiger partial charge in [0.25, 0.3) is 0 Å². The van der Waals surface area contributed by atoms with Crippen molar-refractivity contribution in [1.29, 1.82) is 0 Å². The standard InChI is InChI=1S/C45H30N4/c1-4-14-31(15-5-1)32-24-26-33(27-25-32)36-28-29-39(42(30-36)49-40-22-12-10-20-37(40)38-21-11-13-23-41(38)49)45-47-43(34-16-6-2-7-17-34)46-44(48-45)35-18-8-3-9-19-35/h1-30H/i10D,11D,12D,13D,20D,21D,22D,23D. The summed E-state index contributed by atoms with van der Waals surface area (Å²) in [6.07, 6.45) is 0. The van der Waals surface area contributed by atoms with Crippen molar-refractivity contribution in [1.82, 2.24) is 19.5 Å². The first-order chi connectivity index (χ1) is 27.6. The quantitative estimate of drug-likeness (QED) is 0.183. The molecule has 0 aliphatic heterocycles. The Bertz CT molecular complexity index is 2890. The molecule has 0 amide bonds. The first kappa shape index (κ1) is 21.3. The lowest BCUT2D eigenvalue weighted by Crippen LogP contribution is -2.04. The molecular weight excluding hydrogens is 597 g/mol. The second kappa shape index (κ2) is 12.2. The average Bonchev–Trinajstić information content (AvgIpc) is 3.63. The number of hydrogen-bond acceptors (Lipinski definition) is 3. The molecule has 9 rings (SSSR count). The third-order valence-corrected chi connectivity index (χ3v) is 8.54. The summed E-state index contributed by atoms with van der Waals surface area (Å²) in [5, 5.41) is -0.0330. The SMILES string of the molecule is [2H]c1c([2H])c([2H])c2c(c1[2H])c1c([2H])c([2H])c([2H])c([2H])c1n2-c1cc(-c2ccc(-c3ccccc3)cc2)ccc1-c1nc(-c2ccccc2)nc(-c2ccccc2)n1. The second-order valence-electron chi connectivity index (χ2n) is 11.5. The van der Waals surface area contributed by atoms with Crippen LogP contribution in [0.3, 0.4) is 0 Å². The lowest BCUT2D eigenvalue weighted by molar-refractivity contribution is 1.06. The molecule has 9 aromatic rings. The van der Waals surface area contributed by atoms with Gasteiger partial charge in [-0.15, -0.1) is 0 Å². The molecule has 0 bridgehead atoms. The van der Waals surface area contributed by atoms with Gasteiger partial charge in [-0.3, -0.25) is 0 Å². The minimum atomic E-state index is -0.510. The maximum Gasteiger partial charge on any atom is 0.166 e. The molecule has 230 valence electrons. The highest BCUT2D eigenvalue weighted by atomic mass is 15.1. The van der Waals surface area contributed by atoms with Crippen LogP contribution in [0, 0.1) is 0 Å². The highest BCUT2D eigenvalue weighted by molar-refractivity contribution is 6.09. The molecule has 0 atom stereocenters. The Morgan fingerprint density at radius 2 is 0.796 bits per heavy atom. The molecule has 0 aliphatic rings. The van der Waals surface area contributed by atoms with Gasteiger partial charge in [0.1, 0.15) is 0 Å². The fourth-order valence-electron chi connectivity index (χ4n) is 6.16. The number of fused-ring (bicyclic) bond motifs is 3. The van der Waals surface area contributed by atoms with Crippen LogP contribution < -0.4 is 0 Å². The lowest BCUT2D eigenvalue weighted by Gasteiger charge is -2.16. The summed E-state index contributed by atoms with van der Waals surface area (Å²) in [4.78, 5) is 14.8. The highest BCUT2D eigenvalue weighted by Gasteiger charge is 2.20. The molecule has 0 radical (unpaired) electrons. The maximum atomic E-state index is 9.22. The molecule has 4 heteroatoms. The Morgan fingerprint density at radius 3 is 1.33 bits per heavy atom. The van der Waals surface area contributed by atoms with Crippen LogP contribution in [0.15, 0.2) is 182 Å². The molecule has 4 nitrogen and oxygen atoms in total. The minimum Gasteiger partial charge on any atom is -0.308 e. The van der Waals surface area contributed by atoms with Crippen LogP contribution in [0.2, 0.25) is 0 Å². The smallest absolute Gasteiger partial charge is 0.166 e. The van der Waals surface area contributed by atoms with Gasteiger partial charge in [0.15, 0.2) is 17.5 Å². The van der Waals surface area contributed by atoms with E-state index in [9.17, 15) is 2.74 Å². The van der Waals surface area contributed by atoms with Crippen molar-refractivity contribution in [2.75, 3.05) is 0 Å². The minimum absolute atomic E-state index is 0.00134. The van der Waals surface area contributed by atoms with Gasteiger partial charge in [0.05, 0.1) is 27.7 Å². The van der Waals surface area contributed by atoms with Gasteiger partial charge < -0.3 is 4.57 Å². The van der Waals surface area contributed by atoms with Crippen molar-refractivity contribution >= 4 is 21.8 Å². The van der Waals surface area contributed by atoms with E-state index < -0.39 is 48.3 Å². The van der Waals surface area contributed by atoms with Crippen LogP contribution in [0.1, 0.15) is 11.0 Å². The fraction of sp³-hybridized carbons (Fsp3) is 0. The molecule has 49 heavy (non-hydrogen) atoms. The van der Waals surface area contributed by atoms with Crippen molar-refractivity contribution in [3.05, 3.63) is 182 Å². The summed E-state index contributed by atoms with van der Waals surface area (Å²) in [5.74, 6) is 1.05. The largest absolute Gasteiger partial charge is 0.308 e. The Kier molecular flexibility index (Phi) is 5.29. The van der Waals surface area contributed by atoms with Crippen LogP contribution in [-0.4, -0.2) is 19.5 Å². The van der Waals surface area contributed by atoms with Crippen LogP contribution in [0.4, 0.5) is 0 Å². The van der Waals surface area contributed by atoms with Crippen molar-refractivity contribution in [2.24, 2.45) is 0 Å². The molecule has 7 aromatic carbocycles. The third kappa shape index (κ3) is 5.26. The Balaban J connectivity index is 1.40. The first-order valence-electron chi connectivity index (χ1n) is 19.8. The number of rotatable bonds is 6. The zero-order chi connectivity index (χ0) is 39.5. The van der Waals surface area contributed by atoms with Gasteiger partial charge >= 0.3 is 0 Å². The highest BCUT2D eigenvalue weighted by Crippen LogP contribution is 2.38. The van der Waals surface area contributed by atoms with E-state index in [0.29, 0.717) is 22.9 Å². The topological polar surface area (TPSA) is 43.6 Å². The van der Waals surface area contributed by atoms with Crippen LogP contribution in [0.25, 0.3) is 83.9 Å². The molecule has 0 saturated heterocycles. The number of hydrogen-bond donors (Lipinski definition) is 0. The van der Waals surface area contributed by atoms with Gasteiger partial charge in [-0.05, 0) is 46.5 Å². The molecular formula is C45H30N4. The van der Waals surface area contributed by atoms with E-state index >= 15 is 0 Å². The average molecular weight is 635 g/mol. The molecule has 0 fully saturated rings. The van der Waals surface area contributed by atoms with E-state index in [0.717, 1.165) is 33.4 Å². The van der Waals surface area contributed by atoms with Crippen LogP contribution >= 0.6 is 0 Å². The van der Waals surface area contributed by atoms with Crippen LogP contribution in [0.5, 0.6) is 0 Å². The lowest BCUT2D eigenvalue weighted by atomic mass is 9.98. The van der Waals surface area contributed by atoms with Gasteiger partial charge in [0, 0.05) is 27.5 Å². The number of aromatic nitrogens is 4.